The molecule has 0 spiro atoms. The fourth-order valence-electron chi connectivity index (χ4n) is 4.81. The fraction of sp³-hybridized carbons (Fsp3) is 0.462. The minimum absolute atomic E-state index is 0.183. The second-order valence-corrected chi connectivity index (χ2v) is 9.16. The van der Waals surface area contributed by atoms with E-state index in [1.807, 2.05) is 24.3 Å². The molecule has 0 N–H and O–H groups in total. The second-order valence-electron chi connectivity index (χ2n) is 9.16. The molecule has 4 rings (SSSR count). The number of imidazole rings is 1. The van der Waals surface area contributed by atoms with E-state index in [1.54, 1.807) is 12.4 Å². The van der Waals surface area contributed by atoms with Crippen molar-refractivity contribution in [3.63, 3.8) is 0 Å². The van der Waals surface area contributed by atoms with E-state index in [0.717, 1.165) is 36.5 Å². The average molecular weight is 510 g/mol. The standard InChI is InChI=1S/C26H31N5O6/c1-3-4-5-6-9-21(29-16-24(28-17-29)31(34)35)25(32)30-15-19(13-22(30)26(33)36-2)37-23-10-7-8-18-14-27-12-11-20(18)23/h7-8,10-12,14,16-17,19,21-22H,3-6,9,13,15H2,1-2H3/t19-,21+,22-/m0/s1. The van der Waals surface area contributed by atoms with Gasteiger partial charge < -0.3 is 24.5 Å². The molecule has 37 heavy (non-hydrogen) atoms. The molecular formula is C26H31N5O6. The number of benzene rings is 1. The van der Waals surface area contributed by atoms with E-state index in [0.29, 0.717) is 12.2 Å². The number of rotatable bonds is 11. The van der Waals surface area contributed by atoms with Crippen molar-refractivity contribution in [1.82, 2.24) is 19.4 Å². The van der Waals surface area contributed by atoms with Gasteiger partial charge in [-0.3, -0.25) is 14.3 Å². The first kappa shape index (κ1) is 26.1. The van der Waals surface area contributed by atoms with Crippen LogP contribution >= 0.6 is 0 Å². The molecule has 11 nitrogen and oxygen atoms in total. The smallest absolute Gasteiger partial charge is 0.381 e. The van der Waals surface area contributed by atoms with Crippen molar-refractivity contribution in [3.8, 4) is 5.75 Å². The number of nitrogens with zero attached hydrogens (tertiary/aromatic N) is 5. The van der Waals surface area contributed by atoms with Gasteiger partial charge in [0.2, 0.25) is 12.2 Å². The summed E-state index contributed by atoms with van der Waals surface area (Å²) in [6.07, 6.45) is 10.1. The van der Waals surface area contributed by atoms with Crippen LogP contribution in [-0.2, 0) is 14.3 Å². The minimum Gasteiger partial charge on any atom is -0.488 e. The maximum atomic E-state index is 13.9. The summed E-state index contributed by atoms with van der Waals surface area (Å²) in [7, 11) is 1.29. The molecule has 196 valence electrons. The third kappa shape index (κ3) is 5.87. The largest absolute Gasteiger partial charge is 0.488 e. The lowest BCUT2D eigenvalue weighted by atomic mass is 10.1. The molecule has 3 atom stereocenters. The molecule has 1 fully saturated rings. The molecule has 1 aromatic carbocycles. The van der Waals surface area contributed by atoms with Gasteiger partial charge in [-0.2, -0.15) is 0 Å². The van der Waals surface area contributed by atoms with Crippen molar-refractivity contribution in [2.24, 2.45) is 0 Å². The van der Waals surface area contributed by atoms with E-state index in [1.165, 1.54) is 29.1 Å². The van der Waals surface area contributed by atoms with Crippen molar-refractivity contribution in [2.45, 2.75) is 63.6 Å². The van der Waals surface area contributed by atoms with Crippen LogP contribution in [0.1, 0.15) is 51.5 Å². The van der Waals surface area contributed by atoms with Crippen LogP contribution in [0.25, 0.3) is 10.8 Å². The normalized spacial score (nSPS) is 18.1. The van der Waals surface area contributed by atoms with Crippen molar-refractivity contribution < 1.29 is 24.0 Å². The number of likely N-dealkylation sites (tertiary alicyclic amines) is 1. The highest BCUT2D eigenvalue weighted by molar-refractivity contribution is 5.88. The lowest BCUT2D eigenvalue weighted by molar-refractivity contribution is -0.389. The van der Waals surface area contributed by atoms with Crippen LogP contribution in [0.3, 0.4) is 0 Å². The summed E-state index contributed by atoms with van der Waals surface area (Å²) < 4.78 is 12.8. The number of aromatic nitrogens is 3. The molecule has 3 aromatic rings. The molecule has 3 heterocycles. The Bertz CT molecular complexity index is 1260. The molecule has 0 unspecified atom stereocenters. The summed E-state index contributed by atoms with van der Waals surface area (Å²) in [6.45, 7) is 2.28. The van der Waals surface area contributed by atoms with Crippen molar-refractivity contribution in [1.29, 1.82) is 0 Å². The molecule has 0 radical (unpaired) electrons. The number of amides is 1. The molecule has 0 aliphatic carbocycles. The third-order valence-corrected chi connectivity index (χ3v) is 6.70. The number of hydrogen-bond donors (Lipinski definition) is 0. The molecule has 0 bridgehead atoms. The van der Waals surface area contributed by atoms with E-state index in [2.05, 4.69) is 16.9 Å². The first-order valence-corrected chi connectivity index (χ1v) is 12.5. The number of carbonyl (C=O) groups excluding carboxylic acids is 2. The molecule has 1 amide bonds. The van der Waals surface area contributed by atoms with Crippen LogP contribution in [0.15, 0.2) is 49.2 Å². The van der Waals surface area contributed by atoms with Crippen molar-refractivity contribution >= 4 is 28.5 Å². The molecule has 1 aliphatic rings. The van der Waals surface area contributed by atoms with Gasteiger partial charge in [0, 0.05) is 29.6 Å². The number of pyridine rings is 1. The van der Waals surface area contributed by atoms with Crippen LogP contribution < -0.4 is 4.74 Å². The van der Waals surface area contributed by atoms with Gasteiger partial charge in [0.1, 0.15) is 30.1 Å². The van der Waals surface area contributed by atoms with Gasteiger partial charge in [-0.25, -0.2) is 4.79 Å². The van der Waals surface area contributed by atoms with E-state index in [4.69, 9.17) is 9.47 Å². The predicted octanol–water partition coefficient (Wildman–Crippen LogP) is 4.07. The van der Waals surface area contributed by atoms with Crippen LogP contribution in [0.5, 0.6) is 5.75 Å². The second kappa shape index (κ2) is 11.8. The van der Waals surface area contributed by atoms with Crippen molar-refractivity contribution in [3.05, 3.63) is 59.3 Å². The Morgan fingerprint density at radius 3 is 2.81 bits per heavy atom. The quantitative estimate of drug-likeness (QED) is 0.164. The summed E-state index contributed by atoms with van der Waals surface area (Å²) in [4.78, 5) is 46.6. The number of carbonyl (C=O) groups is 2. The summed E-state index contributed by atoms with van der Waals surface area (Å²) in [6, 6.07) is 5.96. The SMILES string of the molecule is CCCCCC[C@H](C(=O)N1C[C@@H](Oc2cccc3cnccc23)C[C@H]1C(=O)OC)n1cnc([N+](=O)[O-])c1. The van der Waals surface area contributed by atoms with Gasteiger partial charge in [0.25, 0.3) is 0 Å². The summed E-state index contributed by atoms with van der Waals surface area (Å²) in [5.41, 5.74) is 0. The number of ether oxygens (including phenoxy) is 2. The fourth-order valence-corrected chi connectivity index (χ4v) is 4.81. The van der Waals surface area contributed by atoms with Gasteiger partial charge in [0.05, 0.1) is 13.7 Å². The topological polar surface area (TPSA) is 130 Å². The summed E-state index contributed by atoms with van der Waals surface area (Å²) in [5, 5.41) is 13.0. The van der Waals surface area contributed by atoms with Crippen molar-refractivity contribution in [2.75, 3.05) is 13.7 Å². The van der Waals surface area contributed by atoms with Crippen LogP contribution in [0, 0.1) is 10.1 Å². The van der Waals surface area contributed by atoms with Crippen LogP contribution in [0.4, 0.5) is 5.82 Å². The first-order valence-electron chi connectivity index (χ1n) is 12.5. The van der Waals surface area contributed by atoms with E-state index in [9.17, 15) is 19.7 Å². The van der Waals surface area contributed by atoms with Gasteiger partial charge in [-0.1, -0.05) is 44.7 Å². The highest BCUT2D eigenvalue weighted by Gasteiger charge is 2.44. The molecule has 0 saturated carbocycles. The summed E-state index contributed by atoms with van der Waals surface area (Å²) in [5.74, 6) is -0.525. The Morgan fingerprint density at radius 2 is 2.08 bits per heavy atom. The third-order valence-electron chi connectivity index (χ3n) is 6.70. The van der Waals surface area contributed by atoms with Gasteiger partial charge in [-0.05, 0) is 28.5 Å². The van der Waals surface area contributed by atoms with Gasteiger partial charge >= 0.3 is 11.8 Å². The van der Waals surface area contributed by atoms with Crippen LogP contribution in [-0.4, -0.2) is 62.0 Å². The summed E-state index contributed by atoms with van der Waals surface area (Å²) >= 11 is 0. The Kier molecular flexibility index (Phi) is 8.32. The maximum absolute atomic E-state index is 13.9. The Hall–Kier alpha value is -4.02. The number of unbranched alkanes of at least 4 members (excludes halogenated alkanes) is 3. The van der Waals surface area contributed by atoms with E-state index in [-0.39, 0.29) is 24.7 Å². The Morgan fingerprint density at radius 1 is 1.24 bits per heavy atom. The molecular weight excluding hydrogens is 478 g/mol. The molecule has 1 aliphatic heterocycles. The lowest BCUT2D eigenvalue weighted by Crippen LogP contribution is -2.44. The number of fused-ring (bicyclic) bond motifs is 1. The number of nitro groups is 1. The molecule has 1 saturated heterocycles. The minimum atomic E-state index is -0.823. The molecule has 2 aromatic heterocycles. The van der Waals surface area contributed by atoms with E-state index >= 15 is 0 Å². The Balaban J connectivity index is 1.58. The first-order chi connectivity index (χ1) is 17.9. The zero-order valence-corrected chi connectivity index (χ0v) is 21.0. The average Bonchev–Trinajstić information content (AvgIpc) is 3.56. The van der Waals surface area contributed by atoms with Crippen LogP contribution in [0.2, 0.25) is 0 Å². The zero-order chi connectivity index (χ0) is 26.4. The van der Waals surface area contributed by atoms with Gasteiger partial charge in [0.15, 0.2) is 0 Å². The van der Waals surface area contributed by atoms with E-state index < -0.39 is 29.1 Å². The lowest BCUT2D eigenvalue weighted by Gasteiger charge is -2.27. The predicted molar refractivity (Wildman–Crippen MR) is 135 cm³/mol. The highest BCUT2D eigenvalue weighted by atomic mass is 16.6. The highest BCUT2D eigenvalue weighted by Crippen LogP contribution is 2.32. The maximum Gasteiger partial charge on any atom is 0.381 e. The number of hydrogen-bond acceptors (Lipinski definition) is 8. The van der Waals surface area contributed by atoms with Gasteiger partial charge in [-0.15, -0.1) is 0 Å². The number of esters is 1. The molecule has 11 heteroatoms. The zero-order valence-electron chi connectivity index (χ0n) is 21.0. The Labute approximate surface area is 214 Å². The number of methoxy groups -OCH3 is 1. The monoisotopic (exact) mass is 509 g/mol.